The Labute approximate surface area is 147 Å². The van der Waals surface area contributed by atoms with Gasteiger partial charge in [-0.25, -0.2) is 13.1 Å². The van der Waals surface area contributed by atoms with Crippen LogP contribution in [0.5, 0.6) is 5.75 Å². The van der Waals surface area contributed by atoms with E-state index in [-0.39, 0.29) is 10.8 Å². The zero-order valence-electron chi connectivity index (χ0n) is 14.4. The largest absolute Gasteiger partial charge is 0.497 e. The van der Waals surface area contributed by atoms with Crippen LogP contribution in [0, 0.1) is 0 Å². The minimum atomic E-state index is -3.90. The molecule has 0 aliphatic carbocycles. The Hall–Kier alpha value is -2.61. The van der Waals surface area contributed by atoms with Crippen molar-refractivity contribution in [2.24, 2.45) is 0 Å². The van der Waals surface area contributed by atoms with E-state index in [4.69, 9.17) is 4.74 Å². The highest BCUT2D eigenvalue weighted by atomic mass is 32.2. The van der Waals surface area contributed by atoms with Gasteiger partial charge >= 0.3 is 0 Å². The number of nitrogens with zero attached hydrogens (tertiary/aromatic N) is 3. The van der Waals surface area contributed by atoms with Gasteiger partial charge in [-0.05, 0) is 44.2 Å². The molecule has 0 bridgehead atoms. The van der Waals surface area contributed by atoms with Crippen LogP contribution < -0.4 is 9.41 Å². The molecule has 0 atom stereocenters. The molecule has 2 rings (SSSR count). The zero-order chi connectivity index (χ0) is 18.4. The second kappa shape index (κ2) is 7.98. The molecule has 1 aromatic heterocycles. The Morgan fingerprint density at radius 3 is 2.36 bits per heavy atom. The number of sulfonamides is 1. The standard InChI is InChI=1S/C17H21N3O4S/c1-4-19(5-2)17(21)14-7-6-12-20(13-14)18-25(22,23)16-10-8-15(24-3)9-11-16/h6-13H,4-5H2,1-3H3. The summed E-state index contributed by atoms with van der Waals surface area (Å²) in [4.78, 5) is 17.8. The zero-order valence-corrected chi connectivity index (χ0v) is 15.2. The molecule has 0 saturated heterocycles. The molecular weight excluding hydrogens is 342 g/mol. The van der Waals surface area contributed by atoms with Gasteiger partial charge in [-0.15, -0.1) is 0 Å². The van der Waals surface area contributed by atoms with Crippen molar-refractivity contribution < 1.29 is 22.6 Å². The minimum Gasteiger partial charge on any atom is -0.497 e. The predicted molar refractivity (Wildman–Crippen MR) is 92.8 cm³/mol. The van der Waals surface area contributed by atoms with Crippen molar-refractivity contribution in [2.45, 2.75) is 18.7 Å². The van der Waals surface area contributed by atoms with E-state index in [1.54, 1.807) is 29.2 Å². The van der Waals surface area contributed by atoms with Crippen LogP contribution in [-0.4, -0.2) is 39.4 Å². The Bertz CT molecular complexity index is 831. The topological polar surface area (TPSA) is 81.7 Å². The fourth-order valence-electron chi connectivity index (χ4n) is 2.25. The molecule has 1 amide bonds. The van der Waals surface area contributed by atoms with E-state index in [0.29, 0.717) is 24.4 Å². The highest BCUT2D eigenvalue weighted by Gasteiger charge is 2.16. The van der Waals surface area contributed by atoms with Gasteiger partial charge in [0.05, 0.1) is 12.0 Å². The molecule has 1 aromatic carbocycles. The number of benzene rings is 1. The van der Waals surface area contributed by atoms with Crippen LogP contribution in [-0.2, 0) is 10.0 Å². The lowest BCUT2D eigenvalue weighted by molar-refractivity contribution is -0.614. The summed E-state index contributed by atoms with van der Waals surface area (Å²) in [6, 6.07) is 9.16. The summed E-state index contributed by atoms with van der Waals surface area (Å²) < 4.78 is 31.0. The van der Waals surface area contributed by atoms with E-state index in [1.165, 1.54) is 31.6 Å². The van der Waals surface area contributed by atoms with Gasteiger partial charge in [0.1, 0.15) is 11.3 Å². The summed E-state index contributed by atoms with van der Waals surface area (Å²) in [7, 11) is -2.40. The van der Waals surface area contributed by atoms with E-state index >= 15 is 0 Å². The smallest absolute Gasteiger partial charge is 0.259 e. The molecule has 0 unspecified atom stereocenters. The molecule has 0 aliphatic heterocycles. The van der Waals surface area contributed by atoms with Crippen molar-refractivity contribution >= 4 is 15.9 Å². The molecule has 25 heavy (non-hydrogen) atoms. The number of pyridine rings is 1. The van der Waals surface area contributed by atoms with Crippen molar-refractivity contribution in [1.29, 1.82) is 0 Å². The third-order valence-electron chi connectivity index (χ3n) is 3.64. The SMILES string of the molecule is CCN(CC)C(=O)c1ccc[n+]([N-]S(=O)(=O)c2ccc(OC)cc2)c1. The lowest BCUT2D eigenvalue weighted by Crippen LogP contribution is -2.36. The number of carbonyl (C=O) groups excluding carboxylic acids is 1. The summed E-state index contributed by atoms with van der Waals surface area (Å²) in [5, 5.41) is 0. The van der Waals surface area contributed by atoms with Gasteiger partial charge in [0.25, 0.3) is 5.91 Å². The molecule has 0 saturated carbocycles. The monoisotopic (exact) mass is 363 g/mol. The van der Waals surface area contributed by atoms with Gasteiger partial charge in [0, 0.05) is 19.2 Å². The first-order chi connectivity index (χ1) is 11.9. The quantitative estimate of drug-likeness (QED) is 0.705. The van der Waals surface area contributed by atoms with E-state index in [1.807, 2.05) is 13.8 Å². The molecule has 0 N–H and O–H groups in total. The fourth-order valence-corrected chi connectivity index (χ4v) is 3.18. The number of hydrogen-bond donors (Lipinski definition) is 0. The summed E-state index contributed by atoms with van der Waals surface area (Å²) >= 11 is 0. The average molecular weight is 363 g/mol. The van der Waals surface area contributed by atoms with E-state index in [9.17, 15) is 13.2 Å². The van der Waals surface area contributed by atoms with E-state index in [2.05, 4.69) is 4.83 Å². The normalized spacial score (nSPS) is 11.0. The summed E-state index contributed by atoms with van der Waals surface area (Å²) in [5.41, 5.74) is 0.375. The number of aromatic nitrogens is 1. The van der Waals surface area contributed by atoms with Crippen LogP contribution in [0.3, 0.4) is 0 Å². The Morgan fingerprint density at radius 2 is 1.80 bits per heavy atom. The lowest BCUT2D eigenvalue weighted by atomic mass is 10.2. The maximum atomic E-state index is 12.4. The maximum Gasteiger partial charge on any atom is 0.259 e. The van der Waals surface area contributed by atoms with E-state index in [0.717, 1.165) is 4.68 Å². The second-order valence-electron chi connectivity index (χ2n) is 5.18. The third kappa shape index (κ3) is 4.48. The molecule has 0 spiro atoms. The lowest BCUT2D eigenvalue weighted by Gasteiger charge is -2.19. The minimum absolute atomic E-state index is 0.0428. The van der Waals surface area contributed by atoms with Crippen molar-refractivity contribution in [3.8, 4) is 5.75 Å². The average Bonchev–Trinajstić information content (AvgIpc) is 2.62. The van der Waals surface area contributed by atoms with Crippen LogP contribution >= 0.6 is 0 Å². The number of hydrogen-bond acceptors (Lipinski definition) is 4. The molecular formula is C17H21N3O4S. The van der Waals surface area contributed by atoms with Gasteiger partial charge in [0.15, 0.2) is 22.4 Å². The van der Waals surface area contributed by atoms with E-state index < -0.39 is 10.0 Å². The predicted octanol–water partition coefficient (Wildman–Crippen LogP) is 1.99. The summed E-state index contributed by atoms with van der Waals surface area (Å²) in [6.07, 6.45) is 2.88. The molecule has 0 aliphatic rings. The Kier molecular flexibility index (Phi) is 5.97. The number of methoxy groups -OCH3 is 1. The maximum absolute atomic E-state index is 12.4. The van der Waals surface area contributed by atoms with Gasteiger partial charge < -0.3 is 14.5 Å². The molecule has 8 heteroatoms. The third-order valence-corrected chi connectivity index (χ3v) is 4.91. The van der Waals surface area contributed by atoms with Gasteiger partial charge in [-0.2, -0.15) is 0 Å². The molecule has 7 nitrogen and oxygen atoms in total. The second-order valence-corrected chi connectivity index (χ2v) is 6.77. The van der Waals surface area contributed by atoms with Crippen LogP contribution in [0.4, 0.5) is 0 Å². The van der Waals surface area contributed by atoms with Crippen molar-refractivity contribution in [2.75, 3.05) is 20.2 Å². The van der Waals surface area contributed by atoms with Crippen LogP contribution in [0.15, 0.2) is 53.7 Å². The molecule has 0 radical (unpaired) electrons. The highest BCUT2D eigenvalue weighted by Crippen LogP contribution is 2.18. The molecule has 0 fully saturated rings. The first-order valence-electron chi connectivity index (χ1n) is 7.84. The first-order valence-corrected chi connectivity index (χ1v) is 9.28. The van der Waals surface area contributed by atoms with Crippen LogP contribution in [0.25, 0.3) is 4.83 Å². The Morgan fingerprint density at radius 1 is 1.16 bits per heavy atom. The van der Waals surface area contributed by atoms with Gasteiger partial charge in [-0.3, -0.25) is 4.79 Å². The molecule has 1 heterocycles. The molecule has 134 valence electrons. The fraction of sp³-hybridized carbons (Fsp3) is 0.294. The highest BCUT2D eigenvalue weighted by molar-refractivity contribution is 7.93. The van der Waals surface area contributed by atoms with Crippen molar-refractivity contribution in [1.82, 2.24) is 4.90 Å². The first kappa shape index (κ1) is 18.7. The number of carbonyl (C=O) groups is 1. The van der Waals surface area contributed by atoms with Crippen LogP contribution in [0.1, 0.15) is 24.2 Å². The number of ether oxygens (including phenoxy) is 1. The van der Waals surface area contributed by atoms with Gasteiger partial charge in [-0.1, -0.05) is 0 Å². The van der Waals surface area contributed by atoms with Crippen molar-refractivity contribution in [3.05, 3.63) is 59.2 Å². The summed E-state index contributed by atoms with van der Waals surface area (Å²) in [6.45, 7) is 4.92. The van der Waals surface area contributed by atoms with Crippen molar-refractivity contribution in [3.63, 3.8) is 0 Å². The summed E-state index contributed by atoms with van der Waals surface area (Å²) in [5.74, 6) is 0.384. The molecule has 2 aromatic rings. The number of amides is 1. The van der Waals surface area contributed by atoms with Crippen LogP contribution in [0.2, 0.25) is 0 Å². The number of rotatable bonds is 7. The Balaban J connectivity index is 2.24. The van der Waals surface area contributed by atoms with Gasteiger partial charge in [0.2, 0.25) is 0 Å².